The summed E-state index contributed by atoms with van der Waals surface area (Å²) in [7, 11) is -3.42. The van der Waals surface area contributed by atoms with E-state index in [2.05, 4.69) is 15.5 Å². The number of aryl methyl sites for hydroxylation is 1. The van der Waals surface area contributed by atoms with E-state index in [9.17, 15) is 27.9 Å². The quantitative estimate of drug-likeness (QED) is 0.263. The van der Waals surface area contributed by atoms with E-state index in [1.807, 2.05) is 6.07 Å². The number of nitrogens with one attached hydrogen (secondary N) is 2. The van der Waals surface area contributed by atoms with Gasteiger partial charge in [-0.1, -0.05) is 41.4 Å². The number of carboxylic acids is 1. The monoisotopic (exact) mass is 628 g/mol. The molecule has 42 heavy (non-hydrogen) atoms. The minimum Gasteiger partial charge on any atom is -0.480 e. The van der Waals surface area contributed by atoms with Crippen molar-refractivity contribution in [3.05, 3.63) is 92.6 Å². The lowest BCUT2D eigenvalue weighted by atomic mass is 9.95. The van der Waals surface area contributed by atoms with Crippen molar-refractivity contribution >= 4 is 61.7 Å². The number of aromatic nitrogens is 2. The molecule has 0 aliphatic carbocycles. The van der Waals surface area contributed by atoms with Crippen LogP contribution >= 0.6 is 23.2 Å². The maximum atomic E-state index is 13.2. The van der Waals surface area contributed by atoms with Gasteiger partial charge in [0.25, 0.3) is 11.8 Å². The molecule has 1 aliphatic heterocycles. The van der Waals surface area contributed by atoms with Crippen molar-refractivity contribution in [3.63, 3.8) is 0 Å². The normalized spacial score (nSPS) is 13.9. The number of hydrogen-bond acceptors (Lipinski definition) is 6. The number of amides is 2. The Morgan fingerprint density at radius 2 is 1.93 bits per heavy atom. The maximum Gasteiger partial charge on any atom is 0.326 e. The van der Waals surface area contributed by atoms with Gasteiger partial charge in [-0.25, -0.2) is 13.2 Å². The summed E-state index contributed by atoms with van der Waals surface area (Å²) in [6.07, 6.45) is 3.37. The molecule has 0 saturated heterocycles. The largest absolute Gasteiger partial charge is 0.480 e. The van der Waals surface area contributed by atoms with Crippen molar-refractivity contribution < 1.29 is 27.9 Å². The number of rotatable bonds is 8. The van der Waals surface area contributed by atoms with Gasteiger partial charge >= 0.3 is 5.97 Å². The minimum absolute atomic E-state index is 0.00980. The van der Waals surface area contributed by atoms with Crippen molar-refractivity contribution in [3.8, 4) is 0 Å². The fourth-order valence-electron chi connectivity index (χ4n) is 5.02. The lowest BCUT2D eigenvalue weighted by Crippen LogP contribution is -2.41. The van der Waals surface area contributed by atoms with Gasteiger partial charge in [0.05, 0.1) is 32.2 Å². The summed E-state index contributed by atoms with van der Waals surface area (Å²) < 4.78 is 23.7. The highest BCUT2D eigenvalue weighted by molar-refractivity contribution is 7.90. The minimum atomic E-state index is -3.42. The van der Waals surface area contributed by atoms with Gasteiger partial charge in [-0.15, -0.1) is 0 Å². The second-order valence-electron chi connectivity index (χ2n) is 10.2. The third-order valence-electron chi connectivity index (χ3n) is 7.26. The molecule has 0 bridgehead atoms. The first kappa shape index (κ1) is 29.6. The van der Waals surface area contributed by atoms with Crippen LogP contribution in [-0.4, -0.2) is 65.2 Å². The number of carboxylic acid groups (broad SMARTS) is 1. The lowest BCUT2D eigenvalue weighted by molar-refractivity contribution is -0.139. The van der Waals surface area contributed by atoms with E-state index in [0.717, 1.165) is 17.2 Å². The third-order valence-corrected chi connectivity index (χ3v) is 9.09. The zero-order valence-corrected chi connectivity index (χ0v) is 24.7. The Labute approximate surface area is 251 Å². The number of nitrogens with zero attached hydrogens (tertiary/aromatic N) is 2. The van der Waals surface area contributed by atoms with Crippen LogP contribution < -0.4 is 5.32 Å². The molecule has 4 aromatic rings. The predicted octanol–water partition coefficient (Wildman–Crippen LogP) is 4.29. The van der Waals surface area contributed by atoms with Crippen LogP contribution in [0.4, 0.5) is 0 Å². The van der Waals surface area contributed by atoms with Crippen LogP contribution in [0.15, 0.2) is 59.6 Å². The van der Waals surface area contributed by atoms with E-state index in [1.54, 1.807) is 41.4 Å². The summed E-state index contributed by atoms with van der Waals surface area (Å²) in [6.45, 7) is 0.598. The Morgan fingerprint density at radius 1 is 1.14 bits per heavy atom. The van der Waals surface area contributed by atoms with Crippen LogP contribution in [0.1, 0.15) is 43.8 Å². The average molecular weight is 630 g/mol. The standard InChI is InChI=1S/C29H26Cl2N4O6S/c1-42(40,41)20-4-2-3-16(11-20)5-8-23(29(38)39)33-27(36)25-22(30)12-19-15-35(10-9-21(19)26(25)31)28(37)17-6-7-18-14-32-34-24(18)13-17/h2-4,6-7,11-14,23H,5,8-10,15H2,1H3,(H,32,34)(H,33,36)(H,38,39)/t23-/m0/s1. The number of halogens is 2. The van der Waals surface area contributed by atoms with Gasteiger partial charge in [-0.2, -0.15) is 5.10 Å². The molecular formula is C29H26Cl2N4O6S. The number of H-pyrrole nitrogens is 1. The smallest absolute Gasteiger partial charge is 0.326 e. The van der Waals surface area contributed by atoms with Gasteiger partial charge in [0, 0.05) is 30.3 Å². The summed E-state index contributed by atoms with van der Waals surface area (Å²) in [5.41, 5.74) is 3.21. The number of sulfone groups is 1. The maximum absolute atomic E-state index is 13.2. The highest BCUT2D eigenvalue weighted by Crippen LogP contribution is 2.35. The van der Waals surface area contributed by atoms with Gasteiger partial charge in [0.2, 0.25) is 0 Å². The molecule has 1 aliphatic rings. The molecule has 0 unspecified atom stereocenters. The Morgan fingerprint density at radius 3 is 2.67 bits per heavy atom. The molecule has 3 aromatic carbocycles. The molecule has 0 spiro atoms. The topological polar surface area (TPSA) is 150 Å². The van der Waals surface area contributed by atoms with Crippen LogP contribution in [0.2, 0.25) is 10.0 Å². The molecule has 10 nitrogen and oxygen atoms in total. The molecule has 2 amide bonds. The molecule has 0 radical (unpaired) electrons. The van der Waals surface area contributed by atoms with Crippen molar-refractivity contribution in [2.24, 2.45) is 0 Å². The van der Waals surface area contributed by atoms with E-state index in [1.165, 1.54) is 12.1 Å². The highest BCUT2D eigenvalue weighted by atomic mass is 35.5. The molecule has 1 atom stereocenters. The van der Waals surface area contributed by atoms with Crippen LogP contribution in [0.5, 0.6) is 0 Å². The Bertz CT molecular complexity index is 1840. The third kappa shape index (κ3) is 6.13. The second-order valence-corrected chi connectivity index (χ2v) is 13.0. The van der Waals surface area contributed by atoms with Crippen molar-refractivity contribution in [2.75, 3.05) is 12.8 Å². The number of aliphatic carboxylic acids is 1. The number of fused-ring (bicyclic) bond motifs is 2. The van der Waals surface area contributed by atoms with Crippen molar-refractivity contribution in [2.45, 2.75) is 36.7 Å². The summed E-state index contributed by atoms with van der Waals surface area (Å²) in [4.78, 5) is 40.2. The first-order valence-corrected chi connectivity index (χ1v) is 15.6. The van der Waals surface area contributed by atoms with E-state index in [4.69, 9.17) is 23.2 Å². The Hall–Kier alpha value is -3.93. The van der Waals surface area contributed by atoms with Crippen molar-refractivity contribution in [1.82, 2.24) is 20.4 Å². The number of benzene rings is 3. The summed E-state index contributed by atoms with van der Waals surface area (Å²) in [5, 5.41) is 20.2. The number of aromatic amines is 1. The number of carbonyl (C=O) groups excluding carboxylic acids is 2. The summed E-state index contributed by atoms with van der Waals surface area (Å²) in [5.74, 6) is -2.16. The molecule has 0 saturated carbocycles. The Balaban J connectivity index is 1.30. The fourth-order valence-corrected chi connectivity index (χ4v) is 6.47. The first-order valence-electron chi connectivity index (χ1n) is 13.0. The van der Waals surface area contributed by atoms with Crippen LogP contribution in [0.25, 0.3) is 10.9 Å². The number of carbonyl (C=O) groups is 3. The fraction of sp³-hybridized carbons (Fsp3) is 0.241. The van der Waals surface area contributed by atoms with E-state index >= 15 is 0 Å². The van der Waals surface area contributed by atoms with Gasteiger partial charge < -0.3 is 15.3 Å². The van der Waals surface area contributed by atoms with E-state index in [-0.39, 0.29) is 45.8 Å². The average Bonchev–Trinajstić information content (AvgIpc) is 3.42. The zero-order chi connectivity index (χ0) is 30.2. The Kier molecular flexibility index (Phi) is 8.27. The SMILES string of the molecule is CS(=O)(=O)c1cccc(CC[C@H](NC(=O)c2c(Cl)cc3c(c2Cl)CCN(C(=O)c2ccc4cn[nH]c4c2)C3)C(=O)O)c1. The van der Waals surface area contributed by atoms with Crippen LogP contribution in [0.3, 0.4) is 0 Å². The predicted molar refractivity (Wildman–Crippen MR) is 158 cm³/mol. The van der Waals surface area contributed by atoms with Crippen molar-refractivity contribution in [1.29, 1.82) is 0 Å². The first-order chi connectivity index (χ1) is 19.9. The number of hydrogen-bond donors (Lipinski definition) is 3. The molecule has 5 rings (SSSR count). The molecule has 2 heterocycles. The summed E-state index contributed by atoms with van der Waals surface area (Å²) >= 11 is 13.1. The zero-order valence-electron chi connectivity index (χ0n) is 22.4. The van der Waals surface area contributed by atoms with E-state index < -0.39 is 27.8 Å². The molecular weight excluding hydrogens is 603 g/mol. The second kappa shape index (κ2) is 11.7. The van der Waals surface area contributed by atoms with Gasteiger partial charge in [0.15, 0.2) is 9.84 Å². The lowest BCUT2D eigenvalue weighted by Gasteiger charge is -2.30. The molecule has 13 heteroatoms. The van der Waals surface area contributed by atoms with Crippen LogP contribution in [-0.2, 0) is 34.0 Å². The summed E-state index contributed by atoms with van der Waals surface area (Å²) in [6, 6.07) is 11.8. The van der Waals surface area contributed by atoms with Gasteiger partial charge in [0.1, 0.15) is 6.04 Å². The van der Waals surface area contributed by atoms with Gasteiger partial charge in [-0.3, -0.25) is 14.7 Å². The molecule has 0 fully saturated rings. The molecule has 218 valence electrons. The van der Waals surface area contributed by atoms with Gasteiger partial charge in [-0.05, 0) is 66.3 Å². The van der Waals surface area contributed by atoms with E-state index in [0.29, 0.717) is 35.2 Å². The molecule has 1 aromatic heterocycles. The van der Waals surface area contributed by atoms with Crippen LogP contribution in [0, 0.1) is 0 Å². The highest BCUT2D eigenvalue weighted by Gasteiger charge is 2.29. The molecule has 3 N–H and O–H groups in total.